The molecule has 1 unspecified atom stereocenters. The fourth-order valence-corrected chi connectivity index (χ4v) is 3.51. The number of rotatable bonds is 7. The van der Waals surface area contributed by atoms with Crippen molar-refractivity contribution >= 4 is 16.9 Å². The molecule has 1 heterocycles. The van der Waals surface area contributed by atoms with Crippen LogP contribution in [0.25, 0.3) is 22.0 Å². The summed E-state index contributed by atoms with van der Waals surface area (Å²) in [5.41, 5.74) is 3.78. The van der Waals surface area contributed by atoms with Crippen molar-refractivity contribution in [2.45, 2.75) is 20.0 Å². The minimum atomic E-state index is -0.859. The van der Waals surface area contributed by atoms with Crippen molar-refractivity contribution < 1.29 is 23.4 Å². The highest BCUT2D eigenvalue weighted by Gasteiger charge is 2.15. The van der Waals surface area contributed by atoms with Gasteiger partial charge in [-0.05, 0) is 65.4 Å². The third kappa shape index (κ3) is 4.58. The minimum Gasteiger partial charge on any atom is -0.488 e. The Labute approximate surface area is 178 Å². The topological polar surface area (TPSA) is 62.3 Å². The molecule has 1 aromatic heterocycles. The maximum absolute atomic E-state index is 14.0. The summed E-state index contributed by atoms with van der Waals surface area (Å²) in [4.78, 5) is 14.4. The van der Waals surface area contributed by atoms with Gasteiger partial charge in [-0.25, -0.2) is 8.78 Å². The number of carbonyl (C=O) groups is 1. The van der Waals surface area contributed by atoms with E-state index in [4.69, 9.17) is 4.74 Å². The number of carboxylic acids is 1. The van der Waals surface area contributed by atoms with Gasteiger partial charge >= 0.3 is 5.97 Å². The molecule has 158 valence electrons. The number of fused-ring (bicyclic) bond motifs is 1. The summed E-state index contributed by atoms with van der Waals surface area (Å²) < 4.78 is 33.1. The first kappa shape index (κ1) is 20.6. The van der Waals surface area contributed by atoms with Gasteiger partial charge in [-0.1, -0.05) is 19.1 Å². The van der Waals surface area contributed by atoms with Crippen molar-refractivity contribution in [3.63, 3.8) is 0 Å². The number of aliphatic carboxylic acids is 1. The molecule has 3 aromatic carbocycles. The van der Waals surface area contributed by atoms with Gasteiger partial charge in [-0.2, -0.15) is 0 Å². The number of aromatic amines is 1. The van der Waals surface area contributed by atoms with E-state index in [1.165, 1.54) is 12.1 Å². The van der Waals surface area contributed by atoms with Crippen LogP contribution in [0.2, 0.25) is 0 Å². The van der Waals surface area contributed by atoms with E-state index >= 15 is 0 Å². The molecule has 0 spiro atoms. The molecular formula is C25H21F2NO3. The predicted molar refractivity (Wildman–Crippen MR) is 115 cm³/mol. The molecule has 0 amide bonds. The second kappa shape index (κ2) is 8.60. The summed E-state index contributed by atoms with van der Waals surface area (Å²) in [5, 5.41) is 10.3. The summed E-state index contributed by atoms with van der Waals surface area (Å²) in [7, 11) is 0. The van der Waals surface area contributed by atoms with Gasteiger partial charge in [0.15, 0.2) is 0 Å². The molecular weight excluding hydrogens is 400 g/mol. The van der Waals surface area contributed by atoms with E-state index in [9.17, 15) is 18.7 Å². The van der Waals surface area contributed by atoms with E-state index in [-0.39, 0.29) is 12.2 Å². The van der Waals surface area contributed by atoms with E-state index in [1.807, 2.05) is 42.6 Å². The maximum Gasteiger partial charge on any atom is 0.306 e. The van der Waals surface area contributed by atoms with Gasteiger partial charge in [-0.15, -0.1) is 0 Å². The van der Waals surface area contributed by atoms with Crippen LogP contribution in [0.1, 0.15) is 18.1 Å². The normalized spacial score (nSPS) is 12.1. The Kier molecular flexibility index (Phi) is 5.71. The average molecular weight is 421 g/mol. The number of benzene rings is 3. The molecule has 0 radical (unpaired) electrons. The second-order valence-electron chi connectivity index (χ2n) is 7.58. The molecule has 1 atom stereocenters. The van der Waals surface area contributed by atoms with Gasteiger partial charge in [-0.3, -0.25) is 4.79 Å². The lowest BCUT2D eigenvalue weighted by atomic mass is 9.96. The Morgan fingerprint density at radius 1 is 1.06 bits per heavy atom. The lowest BCUT2D eigenvalue weighted by molar-refractivity contribution is -0.141. The number of H-pyrrole nitrogens is 1. The van der Waals surface area contributed by atoms with Gasteiger partial charge in [0.05, 0.1) is 5.92 Å². The third-order valence-electron chi connectivity index (χ3n) is 5.27. The standard InChI is InChI=1S/C25H21F2NO3/c1-15(25(29)30)10-16-2-7-24(31-14-19-3-5-20(26)13-22(19)27)21(11-16)17-4-6-23-18(12-17)8-9-28-23/h2-9,11-13,15,28H,10,14H2,1H3,(H,29,30). The molecule has 4 nitrogen and oxygen atoms in total. The smallest absolute Gasteiger partial charge is 0.306 e. The highest BCUT2D eigenvalue weighted by Crippen LogP contribution is 2.34. The zero-order chi connectivity index (χ0) is 22.0. The largest absolute Gasteiger partial charge is 0.488 e. The van der Waals surface area contributed by atoms with Crippen LogP contribution < -0.4 is 4.74 Å². The Hall–Kier alpha value is -3.67. The molecule has 0 saturated heterocycles. The van der Waals surface area contributed by atoms with Crippen molar-refractivity contribution in [2.24, 2.45) is 5.92 Å². The lowest BCUT2D eigenvalue weighted by Crippen LogP contribution is -2.12. The highest BCUT2D eigenvalue weighted by atomic mass is 19.1. The summed E-state index contributed by atoms with van der Waals surface area (Å²) >= 11 is 0. The van der Waals surface area contributed by atoms with Crippen LogP contribution in [-0.2, 0) is 17.8 Å². The van der Waals surface area contributed by atoms with E-state index in [0.717, 1.165) is 33.7 Å². The first-order valence-corrected chi connectivity index (χ1v) is 9.90. The summed E-state index contributed by atoms with van der Waals surface area (Å²) in [5.74, 6) is -2.16. The SMILES string of the molecule is CC(Cc1ccc(OCc2ccc(F)cc2F)c(-c2ccc3[nH]ccc3c2)c1)C(=O)O. The van der Waals surface area contributed by atoms with Crippen LogP contribution in [0.5, 0.6) is 5.75 Å². The van der Waals surface area contributed by atoms with Gasteiger partial charge in [0, 0.05) is 28.9 Å². The first-order valence-electron chi connectivity index (χ1n) is 9.90. The van der Waals surface area contributed by atoms with Gasteiger partial charge < -0.3 is 14.8 Å². The van der Waals surface area contributed by atoms with Gasteiger partial charge in [0.1, 0.15) is 24.0 Å². The molecule has 0 bridgehead atoms. The quantitative estimate of drug-likeness (QED) is 0.387. The molecule has 4 aromatic rings. The van der Waals surface area contributed by atoms with Gasteiger partial charge in [0.25, 0.3) is 0 Å². The highest BCUT2D eigenvalue weighted by molar-refractivity contribution is 5.86. The van der Waals surface area contributed by atoms with E-state index < -0.39 is 23.5 Å². The van der Waals surface area contributed by atoms with Crippen LogP contribution in [0, 0.1) is 17.6 Å². The number of carboxylic acid groups (broad SMARTS) is 1. The van der Waals surface area contributed by atoms with Gasteiger partial charge in [0.2, 0.25) is 0 Å². The van der Waals surface area contributed by atoms with Crippen LogP contribution >= 0.6 is 0 Å². The summed E-state index contributed by atoms with van der Waals surface area (Å²) in [6, 6.07) is 16.7. The number of nitrogens with one attached hydrogen (secondary N) is 1. The fourth-order valence-electron chi connectivity index (χ4n) is 3.51. The van der Waals surface area contributed by atoms with Crippen LogP contribution in [0.15, 0.2) is 66.9 Å². The number of hydrogen-bond acceptors (Lipinski definition) is 2. The molecule has 0 saturated carbocycles. The number of halogens is 2. The van der Waals surface area contributed by atoms with Crippen molar-refractivity contribution in [1.82, 2.24) is 4.98 Å². The first-order chi connectivity index (χ1) is 14.9. The molecule has 0 aliphatic heterocycles. The van der Waals surface area contributed by atoms with E-state index in [0.29, 0.717) is 12.2 Å². The number of hydrogen-bond donors (Lipinski definition) is 2. The molecule has 0 aliphatic rings. The Morgan fingerprint density at radius 2 is 1.90 bits per heavy atom. The van der Waals surface area contributed by atoms with E-state index in [2.05, 4.69) is 4.98 Å². The maximum atomic E-state index is 14.0. The van der Waals surface area contributed by atoms with Crippen LogP contribution in [0.3, 0.4) is 0 Å². The zero-order valence-corrected chi connectivity index (χ0v) is 16.9. The lowest BCUT2D eigenvalue weighted by Gasteiger charge is -2.15. The van der Waals surface area contributed by atoms with Crippen molar-refractivity contribution in [1.29, 1.82) is 0 Å². The molecule has 0 aliphatic carbocycles. The van der Waals surface area contributed by atoms with E-state index in [1.54, 1.807) is 13.0 Å². The molecule has 2 N–H and O–H groups in total. The fraction of sp³-hybridized carbons (Fsp3) is 0.160. The zero-order valence-electron chi connectivity index (χ0n) is 16.9. The van der Waals surface area contributed by atoms with Crippen LogP contribution in [0.4, 0.5) is 8.78 Å². The van der Waals surface area contributed by atoms with Crippen LogP contribution in [-0.4, -0.2) is 16.1 Å². The third-order valence-corrected chi connectivity index (χ3v) is 5.27. The summed E-state index contributed by atoms with van der Waals surface area (Å²) in [6.07, 6.45) is 2.23. The van der Waals surface area contributed by atoms with Crippen molar-refractivity contribution in [3.05, 3.63) is 89.6 Å². The predicted octanol–water partition coefficient (Wildman–Crippen LogP) is 5.96. The summed E-state index contributed by atoms with van der Waals surface area (Å²) in [6.45, 7) is 1.60. The minimum absolute atomic E-state index is 0.0591. The Balaban J connectivity index is 1.69. The number of aromatic nitrogens is 1. The Bertz CT molecular complexity index is 1250. The average Bonchev–Trinajstić information content (AvgIpc) is 3.21. The Morgan fingerprint density at radius 3 is 2.68 bits per heavy atom. The van der Waals surface area contributed by atoms with Crippen molar-refractivity contribution in [2.75, 3.05) is 0 Å². The molecule has 31 heavy (non-hydrogen) atoms. The second-order valence-corrected chi connectivity index (χ2v) is 7.58. The molecule has 4 rings (SSSR count). The molecule has 0 fully saturated rings. The van der Waals surface area contributed by atoms with Crippen molar-refractivity contribution in [3.8, 4) is 16.9 Å². The monoisotopic (exact) mass is 421 g/mol. The molecule has 6 heteroatoms. The number of ether oxygens (including phenoxy) is 1.